The zero-order valence-electron chi connectivity index (χ0n) is 7.45. The molecule has 1 heterocycles. The minimum absolute atomic E-state index is 0.207. The van der Waals surface area contributed by atoms with Crippen LogP contribution < -0.4 is 0 Å². The molecule has 0 bridgehead atoms. The Bertz CT molecular complexity index is 277. The lowest BCUT2D eigenvalue weighted by molar-refractivity contribution is 0.157. The Morgan fingerprint density at radius 2 is 2.42 bits per heavy atom. The van der Waals surface area contributed by atoms with Gasteiger partial charge in [0.2, 0.25) is 0 Å². The molecule has 66 valence electrons. The fraction of sp³-hybridized carbons (Fsp3) is 0.600. The van der Waals surface area contributed by atoms with Crippen molar-refractivity contribution in [2.45, 2.75) is 38.8 Å². The summed E-state index contributed by atoms with van der Waals surface area (Å²) in [6.45, 7) is 3.12. The highest BCUT2D eigenvalue weighted by Gasteiger charge is 2.19. The van der Waals surface area contributed by atoms with E-state index >= 15 is 0 Å². The van der Waals surface area contributed by atoms with Gasteiger partial charge in [0.1, 0.15) is 0 Å². The van der Waals surface area contributed by atoms with Crippen molar-refractivity contribution in [3.63, 3.8) is 0 Å². The molecule has 1 N–H and O–H groups in total. The molecule has 12 heavy (non-hydrogen) atoms. The van der Waals surface area contributed by atoms with Gasteiger partial charge in [-0.3, -0.25) is 0 Å². The zero-order chi connectivity index (χ0) is 8.55. The summed E-state index contributed by atoms with van der Waals surface area (Å²) >= 11 is 0. The smallest absolute Gasteiger partial charge is 0.0807 e. The molecule has 0 saturated carbocycles. The molecule has 0 aromatic carbocycles. The first-order chi connectivity index (χ1) is 5.81. The summed E-state index contributed by atoms with van der Waals surface area (Å²) in [5.41, 5.74) is 2.50. The van der Waals surface area contributed by atoms with Gasteiger partial charge in [-0.2, -0.15) is 0 Å². The van der Waals surface area contributed by atoms with Gasteiger partial charge in [0.05, 0.1) is 6.10 Å². The van der Waals surface area contributed by atoms with Crippen LogP contribution in [0.25, 0.3) is 0 Å². The van der Waals surface area contributed by atoms with Gasteiger partial charge in [-0.1, -0.05) is 0 Å². The standard InChI is InChI=1S/C10H15NO/c1-2-11-6-8-4-3-5-10(12)9(8)7-11/h6-7,10,12H,2-5H2,1H3. The summed E-state index contributed by atoms with van der Waals surface area (Å²) in [5, 5.41) is 9.66. The third kappa shape index (κ3) is 1.16. The maximum atomic E-state index is 9.66. The Hall–Kier alpha value is -0.760. The predicted molar refractivity (Wildman–Crippen MR) is 48.0 cm³/mol. The molecule has 1 aliphatic rings. The van der Waals surface area contributed by atoms with Crippen LogP contribution in [0.4, 0.5) is 0 Å². The monoisotopic (exact) mass is 165 g/mol. The van der Waals surface area contributed by atoms with Crippen molar-refractivity contribution in [3.8, 4) is 0 Å². The number of rotatable bonds is 1. The van der Waals surface area contributed by atoms with Crippen molar-refractivity contribution < 1.29 is 5.11 Å². The number of hydrogen-bond acceptors (Lipinski definition) is 1. The summed E-state index contributed by atoms with van der Waals surface area (Å²) in [4.78, 5) is 0. The van der Waals surface area contributed by atoms with Gasteiger partial charge in [-0.15, -0.1) is 0 Å². The molecule has 2 nitrogen and oxygen atoms in total. The molecule has 1 aromatic heterocycles. The average molecular weight is 165 g/mol. The molecule has 1 unspecified atom stereocenters. The summed E-state index contributed by atoms with van der Waals surface area (Å²) in [6, 6.07) is 0. The van der Waals surface area contributed by atoms with Crippen LogP contribution in [0.3, 0.4) is 0 Å². The van der Waals surface area contributed by atoms with Crippen molar-refractivity contribution >= 4 is 0 Å². The Kier molecular flexibility index (Phi) is 1.93. The Labute approximate surface area is 72.8 Å². The van der Waals surface area contributed by atoms with Gasteiger partial charge in [0, 0.05) is 24.5 Å². The quantitative estimate of drug-likeness (QED) is 0.675. The minimum atomic E-state index is -0.207. The van der Waals surface area contributed by atoms with E-state index in [-0.39, 0.29) is 6.10 Å². The van der Waals surface area contributed by atoms with Gasteiger partial charge >= 0.3 is 0 Å². The highest BCUT2D eigenvalue weighted by Crippen LogP contribution is 2.29. The summed E-state index contributed by atoms with van der Waals surface area (Å²) < 4.78 is 2.15. The Morgan fingerprint density at radius 1 is 1.58 bits per heavy atom. The minimum Gasteiger partial charge on any atom is -0.388 e. The van der Waals surface area contributed by atoms with Crippen molar-refractivity contribution in [1.82, 2.24) is 4.57 Å². The van der Waals surface area contributed by atoms with Crippen LogP contribution >= 0.6 is 0 Å². The number of aliphatic hydroxyl groups excluding tert-OH is 1. The lowest BCUT2D eigenvalue weighted by Crippen LogP contribution is -2.05. The molecule has 0 radical (unpaired) electrons. The van der Waals surface area contributed by atoms with Crippen LogP contribution in [-0.4, -0.2) is 9.67 Å². The number of aliphatic hydroxyl groups is 1. The van der Waals surface area contributed by atoms with E-state index in [4.69, 9.17) is 0 Å². The van der Waals surface area contributed by atoms with Crippen LogP contribution in [0.5, 0.6) is 0 Å². The van der Waals surface area contributed by atoms with Crippen molar-refractivity contribution in [3.05, 3.63) is 23.5 Å². The molecule has 0 aliphatic heterocycles. The van der Waals surface area contributed by atoms with Crippen molar-refractivity contribution in [2.75, 3.05) is 0 Å². The van der Waals surface area contributed by atoms with E-state index in [0.717, 1.165) is 31.4 Å². The van der Waals surface area contributed by atoms with E-state index in [1.54, 1.807) is 0 Å². The fourth-order valence-corrected chi connectivity index (χ4v) is 1.91. The van der Waals surface area contributed by atoms with E-state index in [1.807, 2.05) is 0 Å². The first-order valence-electron chi connectivity index (χ1n) is 4.68. The Balaban J connectivity index is 2.37. The van der Waals surface area contributed by atoms with E-state index in [9.17, 15) is 5.11 Å². The first-order valence-corrected chi connectivity index (χ1v) is 4.68. The topological polar surface area (TPSA) is 25.2 Å². The van der Waals surface area contributed by atoms with E-state index in [2.05, 4.69) is 23.9 Å². The zero-order valence-corrected chi connectivity index (χ0v) is 7.45. The molecule has 1 aliphatic carbocycles. The lowest BCUT2D eigenvalue weighted by atomic mass is 9.93. The highest BCUT2D eigenvalue weighted by molar-refractivity contribution is 5.28. The van der Waals surface area contributed by atoms with Crippen LogP contribution in [0.15, 0.2) is 12.4 Å². The Morgan fingerprint density at radius 3 is 3.08 bits per heavy atom. The molecule has 0 fully saturated rings. The third-order valence-corrected chi connectivity index (χ3v) is 2.65. The molecule has 1 aromatic rings. The second-order valence-corrected chi connectivity index (χ2v) is 3.48. The van der Waals surface area contributed by atoms with Crippen molar-refractivity contribution in [1.29, 1.82) is 0 Å². The summed E-state index contributed by atoms with van der Waals surface area (Å²) in [7, 11) is 0. The molecule has 2 rings (SSSR count). The number of aromatic nitrogens is 1. The van der Waals surface area contributed by atoms with Gasteiger partial charge in [-0.25, -0.2) is 0 Å². The number of nitrogens with zero attached hydrogens (tertiary/aromatic N) is 1. The highest BCUT2D eigenvalue weighted by atomic mass is 16.3. The van der Waals surface area contributed by atoms with Crippen LogP contribution in [0, 0.1) is 0 Å². The molecule has 2 heteroatoms. The largest absolute Gasteiger partial charge is 0.388 e. The van der Waals surface area contributed by atoms with Gasteiger partial charge in [0.15, 0.2) is 0 Å². The normalized spacial score (nSPS) is 22.3. The number of hydrogen-bond donors (Lipinski definition) is 1. The second kappa shape index (κ2) is 2.94. The fourth-order valence-electron chi connectivity index (χ4n) is 1.91. The van der Waals surface area contributed by atoms with Crippen LogP contribution in [-0.2, 0) is 13.0 Å². The van der Waals surface area contributed by atoms with E-state index < -0.39 is 0 Å². The van der Waals surface area contributed by atoms with Gasteiger partial charge < -0.3 is 9.67 Å². The number of fused-ring (bicyclic) bond motifs is 1. The molecule has 0 spiro atoms. The molecule has 0 amide bonds. The van der Waals surface area contributed by atoms with Crippen LogP contribution in [0.1, 0.15) is 37.0 Å². The maximum Gasteiger partial charge on any atom is 0.0807 e. The predicted octanol–water partition coefficient (Wildman–Crippen LogP) is 1.88. The lowest BCUT2D eigenvalue weighted by Gasteiger charge is -2.16. The van der Waals surface area contributed by atoms with Gasteiger partial charge in [0.25, 0.3) is 0 Å². The van der Waals surface area contributed by atoms with E-state index in [0.29, 0.717) is 0 Å². The van der Waals surface area contributed by atoms with Crippen molar-refractivity contribution in [2.24, 2.45) is 0 Å². The average Bonchev–Trinajstić information content (AvgIpc) is 2.49. The SMILES string of the molecule is CCn1cc2c(c1)C(O)CCC2. The number of aryl methyl sites for hydroxylation is 2. The summed E-state index contributed by atoms with van der Waals surface area (Å²) in [6.07, 6.45) is 7.24. The van der Waals surface area contributed by atoms with Gasteiger partial charge in [-0.05, 0) is 31.7 Å². The molecule has 1 atom stereocenters. The maximum absolute atomic E-state index is 9.66. The van der Waals surface area contributed by atoms with Crippen LogP contribution in [0.2, 0.25) is 0 Å². The first kappa shape index (κ1) is 7.87. The molecular formula is C10H15NO. The third-order valence-electron chi connectivity index (χ3n) is 2.65. The summed E-state index contributed by atoms with van der Waals surface area (Å²) in [5.74, 6) is 0. The molecule has 0 saturated heterocycles. The second-order valence-electron chi connectivity index (χ2n) is 3.48. The molecular weight excluding hydrogens is 150 g/mol. The van der Waals surface area contributed by atoms with E-state index in [1.165, 1.54) is 5.56 Å².